The molecule has 8 heteroatoms. The van der Waals surface area contributed by atoms with E-state index in [1.54, 1.807) is 24.4 Å². The Morgan fingerprint density at radius 2 is 1.68 bits per heavy atom. The Balaban J connectivity index is 1.60. The van der Waals surface area contributed by atoms with Gasteiger partial charge in [-0.15, -0.1) is 0 Å². The molecule has 0 saturated heterocycles. The zero-order chi connectivity index (χ0) is 24.1. The highest BCUT2D eigenvalue weighted by atomic mass is 35.5. The fourth-order valence-electron chi connectivity index (χ4n) is 3.49. The van der Waals surface area contributed by atoms with Gasteiger partial charge in [-0.1, -0.05) is 41.4 Å². The van der Waals surface area contributed by atoms with Crippen LogP contribution in [0.5, 0.6) is 0 Å². The summed E-state index contributed by atoms with van der Waals surface area (Å²) in [6.07, 6.45) is 2.06. The van der Waals surface area contributed by atoms with E-state index < -0.39 is 0 Å². The largest absolute Gasteiger partial charge is 0.352 e. The monoisotopic (exact) mass is 492 g/mol. The molecule has 34 heavy (non-hydrogen) atoms. The molecule has 2 heterocycles. The number of Topliss-reactive ketones (excluding diaryl/α,β-unsaturated/α-hetero) is 1. The van der Waals surface area contributed by atoms with E-state index in [0.717, 1.165) is 28.2 Å². The third kappa shape index (κ3) is 5.90. The highest BCUT2D eigenvalue weighted by Gasteiger charge is 2.14. The summed E-state index contributed by atoms with van der Waals surface area (Å²) in [4.78, 5) is 27.8. The lowest BCUT2D eigenvalue weighted by Gasteiger charge is -2.09. The predicted molar refractivity (Wildman–Crippen MR) is 134 cm³/mol. The number of benzene rings is 2. The van der Waals surface area contributed by atoms with E-state index in [9.17, 15) is 9.59 Å². The van der Waals surface area contributed by atoms with Crippen molar-refractivity contribution in [1.29, 1.82) is 0 Å². The summed E-state index contributed by atoms with van der Waals surface area (Å²) < 4.78 is 1.87. The molecule has 4 rings (SSSR count). The van der Waals surface area contributed by atoms with Crippen LogP contribution in [0.15, 0.2) is 72.9 Å². The molecule has 1 amide bonds. The maximum absolute atomic E-state index is 12.3. The Morgan fingerprint density at radius 3 is 2.32 bits per heavy atom. The molecule has 0 aliphatic heterocycles. The maximum Gasteiger partial charge on any atom is 0.251 e. The first-order chi connectivity index (χ1) is 16.4. The van der Waals surface area contributed by atoms with Crippen LogP contribution in [0.25, 0.3) is 22.6 Å². The molecule has 0 spiro atoms. The van der Waals surface area contributed by atoms with Crippen LogP contribution in [0.4, 0.5) is 0 Å². The van der Waals surface area contributed by atoms with Gasteiger partial charge in [0.2, 0.25) is 0 Å². The molecule has 0 saturated carbocycles. The number of hydrogen-bond acceptors (Lipinski definition) is 4. The molecule has 4 aromatic rings. The Bertz CT molecular complexity index is 1300. The van der Waals surface area contributed by atoms with Crippen molar-refractivity contribution in [3.8, 4) is 22.6 Å². The SMILES string of the molecule is CC(=O)CCNC(=O)c1ccc(Cn2nc(-c3cc(Cl)cc(Cl)c3)cc2-c2ccccn2)cc1. The van der Waals surface area contributed by atoms with Crippen LogP contribution in [0, 0.1) is 0 Å². The molecule has 0 aliphatic carbocycles. The lowest BCUT2D eigenvalue weighted by molar-refractivity contribution is -0.116. The molecule has 2 aromatic carbocycles. The van der Waals surface area contributed by atoms with E-state index in [4.69, 9.17) is 28.3 Å². The lowest BCUT2D eigenvalue weighted by Crippen LogP contribution is -2.25. The van der Waals surface area contributed by atoms with Crippen molar-refractivity contribution in [2.45, 2.75) is 19.9 Å². The van der Waals surface area contributed by atoms with Crippen molar-refractivity contribution in [2.75, 3.05) is 6.54 Å². The van der Waals surface area contributed by atoms with E-state index in [-0.39, 0.29) is 11.7 Å². The number of pyridine rings is 1. The quantitative estimate of drug-likeness (QED) is 0.343. The van der Waals surface area contributed by atoms with Crippen LogP contribution < -0.4 is 5.32 Å². The van der Waals surface area contributed by atoms with E-state index in [1.807, 2.05) is 53.2 Å². The van der Waals surface area contributed by atoms with Gasteiger partial charge in [-0.05, 0) is 61.0 Å². The predicted octanol–water partition coefficient (Wildman–Crippen LogP) is 5.68. The van der Waals surface area contributed by atoms with Crippen LogP contribution in [0.1, 0.15) is 29.3 Å². The summed E-state index contributed by atoms with van der Waals surface area (Å²) in [5.41, 5.74) is 4.68. The third-order valence-electron chi connectivity index (χ3n) is 5.18. The topological polar surface area (TPSA) is 76.9 Å². The van der Waals surface area contributed by atoms with Crippen LogP contribution in [-0.2, 0) is 11.3 Å². The van der Waals surface area contributed by atoms with Gasteiger partial charge in [0.1, 0.15) is 5.78 Å². The first kappa shape index (κ1) is 23.7. The summed E-state index contributed by atoms with van der Waals surface area (Å²) in [6.45, 7) is 2.31. The molecule has 0 radical (unpaired) electrons. The maximum atomic E-state index is 12.3. The van der Waals surface area contributed by atoms with Crippen molar-refractivity contribution in [2.24, 2.45) is 0 Å². The second-order valence-electron chi connectivity index (χ2n) is 7.85. The first-order valence-electron chi connectivity index (χ1n) is 10.7. The number of nitrogens with zero attached hydrogens (tertiary/aromatic N) is 3. The minimum atomic E-state index is -0.207. The molecule has 0 bridgehead atoms. The van der Waals surface area contributed by atoms with Gasteiger partial charge >= 0.3 is 0 Å². The van der Waals surface area contributed by atoms with Crippen LogP contribution in [0.2, 0.25) is 10.0 Å². The van der Waals surface area contributed by atoms with Gasteiger partial charge in [-0.3, -0.25) is 19.3 Å². The number of carbonyl (C=O) groups excluding carboxylic acids is 2. The highest BCUT2D eigenvalue weighted by molar-refractivity contribution is 6.35. The molecule has 172 valence electrons. The van der Waals surface area contributed by atoms with E-state index in [1.165, 1.54) is 6.92 Å². The van der Waals surface area contributed by atoms with Crippen molar-refractivity contribution in [1.82, 2.24) is 20.1 Å². The van der Waals surface area contributed by atoms with Gasteiger partial charge in [0.15, 0.2) is 0 Å². The molecular formula is C26H22Cl2N4O2. The summed E-state index contributed by atoms with van der Waals surface area (Å²) in [6, 6.07) is 20.3. The summed E-state index contributed by atoms with van der Waals surface area (Å²) >= 11 is 12.4. The van der Waals surface area contributed by atoms with Gasteiger partial charge in [0.25, 0.3) is 5.91 Å². The van der Waals surface area contributed by atoms with Crippen molar-refractivity contribution >= 4 is 34.9 Å². The molecule has 0 fully saturated rings. The van der Waals surface area contributed by atoms with Crippen LogP contribution in [0.3, 0.4) is 0 Å². The number of carbonyl (C=O) groups is 2. The van der Waals surface area contributed by atoms with Gasteiger partial charge in [0.05, 0.1) is 23.6 Å². The van der Waals surface area contributed by atoms with Crippen LogP contribution in [-0.4, -0.2) is 33.0 Å². The number of nitrogens with one attached hydrogen (secondary N) is 1. The summed E-state index contributed by atoms with van der Waals surface area (Å²) in [5, 5.41) is 8.62. The van der Waals surface area contributed by atoms with E-state index in [0.29, 0.717) is 35.1 Å². The van der Waals surface area contributed by atoms with Gasteiger partial charge in [-0.2, -0.15) is 5.10 Å². The highest BCUT2D eigenvalue weighted by Crippen LogP contribution is 2.30. The summed E-state index contributed by atoms with van der Waals surface area (Å²) in [5.74, 6) is -0.167. The number of aromatic nitrogens is 3. The Labute approximate surface area is 207 Å². The number of ketones is 1. The molecule has 0 aliphatic rings. The molecule has 1 N–H and O–H groups in total. The van der Waals surface area contributed by atoms with E-state index >= 15 is 0 Å². The lowest BCUT2D eigenvalue weighted by atomic mass is 10.1. The zero-order valence-electron chi connectivity index (χ0n) is 18.5. The van der Waals surface area contributed by atoms with Crippen LogP contribution >= 0.6 is 23.2 Å². The molecule has 6 nitrogen and oxygen atoms in total. The first-order valence-corrected chi connectivity index (χ1v) is 11.5. The van der Waals surface area contributed by atoms with Gasteiger partial charge in [0, 0.05) is 40.3 Å². The normalized spacial score (nSPS) is 10.8. The average molecular weight is 493 g/mol. The zero-order valence-corrected chi connectivity index (χ0v) is 20.0. The molecule has 0 atom stereocenters. The Morgan fingerprint density at radius 1 is 0.941 bits per heavy atom. The van der Waals surface area contributed by atoms with Crippen molar-refractivity contribution in [3.63, 3.8) is 0 Å². The Kier molecular flexibility index (Phi) is 7.40. The smallest absolute Gasteiger partial charge is 0.251 e. The third-order valence-corrected chi connectivity index (χ3v) is 5.61. The number of halogens is 2. The standard InChI is InChI=1S/C26H22Cl2N4O2/c1-17(33)9-11-30-26(34)19-7-5-18(6-8-19)16-32-25(23-4-2-3-10-29-23)15-24(31-32)20-12-21(27)14-22(28)13-20/h2-8,10,12-15H,9,11,16H2,1H3,(H,30,34). The second-order valence-corrected chi connectivity index (χ2v) is 8.72. The van der Waals surface area contributed by atoms with Gasteiger partial charge < -0.3 is 5.32 Å². The van der Waals surface area contributed by atoms with Gasteiger partial charge in [-0.25, -0.2) is 0 Å². The Hall–Kier alpha value is -3.48. The van der Waals surface area contributed by atoms with E-state index in [2.05, 4.69) is 10.3 Å². The average Bonchev–Trinajstić information content (AvgIpc) is 3.23. The van der Waals surface area contributed by atoms with Crippen molar-refractivity contribution in [3.05, 3.63) is 94.1 Å². The molecule has 0 unspecified atom stereocenters. The second kappa shape index (κ2) is 10.6. The summed E-state index contributed by atoms with van der Waals surface area (Å²) in [7, 11) is 0. The number of amides is 1. The van der Waals surface area contributed by atoms with Crippen molar-refractivity contribution < 1.29 is 9.59 Å². The number of rotatable bonds is 8. The number of hydrogen-bond donors (Lipinski definition) is 1. The minimum Gasteiger partial charge on any atom is -0.352 e. The minimum absolute atomic E-state index is 0.0398. The fourth-order valence-corrected chi connectivity index (χ4v) is 4.02. The molecule has 2 aromatic heterocycles. The fraction of sp³-hybridized carbons (Fsp3) is 0.154. The molecular weight excluding hydrogens is 471 g/mol.